The molecule has 2 unspecified atom stereocenters. The van der Waals surface area contributed by atoms with Gasteiger partial charge in [-0.25, -0.2) is 4.99 Å². The molecule has 0 saturated heterocycles. The van der Waals surface area contributed by atoms with Gasteiger partial charge in [-0.15, -0.1) is 0 Å². The predicted octanol–water partition coefficient (Wildman–Crippen LogP) is 5.25. The molecule has 0 N–H and O–H groups in total. The molecular formula is C28H30NOP. The summed E-state index contributed by atoms with van der Waals surface area (Å²) < 4.78 is 6.28. The van der Waals surface area contributed by atoms with Crippen LogP contribution in [0.15, 0.2) is 77.8 Å². The largest absolute Gasteiger partial charge is 0.477 e. The van der Waals surface area contributed by atoms with Crippen LogP contribution in [0.2, 0.25) is 0 Å². The van der Waals surface area contributed by atoms with Crippen molar-refractivity contribution in [3.63, 3.8) is 0 Å². The third-order valence-corrected chi connectivity index (χ3v) is 9.51. The van der Waals surface area contributed by atoms with Crippen molar-refractivity contribution < 1.29 is 4.74 Å². The summed E-state index contributed by atoms with van der Waals surface area (Å²) in [6, 6.07) is 26.9. The first kappa shape index (κ1) is 20.5. The highest BCUT2D eigenvalue weighted by atomic mass is 31.1. The molecule has 158 valence electrons. The van der Waals surface area contributed by atoms with Gasteiger partial charge in [-0.05, 0) is 67.2 Å². The summed E-state index contributed by atoms with van der Waals surface area (Å²) in [7, 11) is -0.713. The van der Waals surface area contributed by atoms with Gasteiger partial charge >= 0.3 is 0 Å². The predicted molar refractivity (Wildman–Crippen MR) is 133 cm³/mol. The van der Waals surface area contributed by atoms with E-state index in [-0.39, 0.29) is 0 Å². The third-order valence-electron chi connectivity index (χ3n) is 6.68. The Morgan fingerprint density at radius 3 is 2.03 bits per heavy atom. The molecule has 1 heterocycles. The van der Waals surface area contributed by atoms with Crippen molar-refractivity contribution >= 4 is 29.7 Å². The first-order valence-corrected chi connectivity index (χ1v) is 12.7. The van der Waals surface area contributed by atoms with Crippen molar-refractivity contribution in [2.24, 2.45) is 16.8 Å². The molecule has 0 bridgehead atoms. The van der Waals surface area contributed by atoms with Crippen LogP contribution in [-0.2, 0) is 4.74 Å². The summed E-state index contributed by atoms with van der Waals surface area (Å²) in [5, 5.41) is 4.15. The van der Waals surface area contributed by atoms with E-state index in [4.69, 9.17) is 9.73 Å². The molecule has 1 aliphatic heterocycles. The van der Waals surface area contributed by atoms with Crippen LogP contribution in [-0.4, -0.2) is 18.5 Å². The Bertz CT molecular complexity index is 1080. The van der Waals surface area contributed by atoms with E-state index >= 15 is 0 Å². The second kappa shape index (κ2) is 8.60. The Kier molecular flexibility index (Phi) is 5.67. The fourth-order valence-electron chi connectivity index (χ4n) is 4.92. The summed E-state index contributed by atoms with van der Waals surface area (Å²) in [5.74, 6) is 2.19. The van der Waals surface area contributed by atoms with Crippen LogP contribution < -0.4 is 15.9 Å². The van der Waals surface area contributed by atoms with Gasteiger partial charge in [0.05, 0.1) is 12.6 Å². The Morgan fingerprint density at radius 2 is 1.42 bits per heavy atom. The molecule has 3 atom stereocenters. The van der Waals surface area contributed by atoms with E-state index < -0.39 is 7.92 Å². The van der Waals surface area contributed by atoms with E-state index in [1.165, 1.54) is 45.4 Å². The van der Waals surface area contributed by atoms with Crippen LogP contribution in [0.1, 0.15) is 36.5 Å². The number of fused-ring (bicyclic) bond motifs is 1. The number of hydrogen-bond donors (Lipinski definition) is 0. The van der Waals surface area contributed by atoms with Crippen molar-refractivity contribution in [3.05, 3.63) is 89.5 Å². The minimum atomic E-state index is -0.713. The van der Waals surface area contributed by atoms with Crippen LogP contribution in [0, 0.1) is 25.7 Å². The van der Waals surface area contributed by atoms with Crippen molar-refractivity contribution in [3.8, 4) is 0 Å². The highest BCUT2D eigenvalue weighted by Gasteiger charge is 2.52. The normalized spacial score (nSPS) is 21.9. The maximum absolute atomic E-state index is 6.28. The molecule has 5 rings (SSSR count). The Labute approximate surface area is 187 Å². The highest BCUT2D eigenvalue weighted by molar-refractivity contribution is 7.80. The van der Waals surface area contributed by atoms with Crippen molar-refractivity contribution in [2.45, 2.75) is 39.7 Å². The summed E-state index contributed by atoms with van der Waals surface area (Å²) in [5.41, 5.74) is 3.84. The molecule has 1 fully saturated rings. The topological polar surface area (TPSA) is 21.6 Å². The number of hydrogen-bond acceptors (Lipinski definition) is 2. The zero-order chi connectivity index (χ0) is 21.4. The standard InChI is InChI=1S/C28H30NOP/c1-4-11-21-23-18-30-28(29-27(21)23)22-14-7-10-17-26(22)31(24-15-8-5-12-19(24)2)25-16-9-6-13-20(25)3/h5-10,12-17,21,23,27H,4,11,18H2,1-3H3/t21-,23?,27?/m0/s1. The van der Waals surface area contributed by atoms with Crippen LogP contribution in [0.25, 0.3) is 0 Å². The monoisotopic (exact) mass is 427 g/mol. The van der Waals surface area contributed by atoms with Crippen LogP contribution in [0.5, 0.6) is 0 Å². The molecule has 2 nitrogen and oxygen atoms in total. The first-order valence-electron chi connectivity index (χ1n) is 11.4. The van der Waals surface area contributed by atoms with Crippen molar-refractivity contribution in [1.82, 2.24) is 0 Å². The van der Waals surface area contributed by atoms with Gasteiger partial charge in [0.15, 0.2) is 0 Å². The van der Waals surface area contributed by atoms with Gasteiger partial charge in [0.1, 0.15) is 0 Å². The lowest BCUT2D eigenvalue weighted by atomic mass is 10.2. The Hall–Kier alpha value is -2.44. The number of aliphatic imine (C=N–C) groups is 1. The van der Waals surface area contributed by atoms with Crippen molar-refractivity contribution in [1.29, 1.82) is 0 Å². The first-order chi connectivity index (χ1) is 15.2. The zero-order valence-corrected chi connectivity index (χ0v) is 19.5. The summed E-state index contributed by atoms with van der Waals surface area (Å²) in [6.07, 6.45) is 2.49. The molecule has 2 aliphatic rings. The molecule has 0 spiro atoms. The van der Waals surface area contributed by atoms with Gasteiger partial charge in [-0.2, -0.15) is 0 Å². The summed E-state index contributed by atoms with van der Waals surface area (Å²) in [6.45, 7) is 7.53. The SMILES string of the molecule is CCC[C@H]1C2COC(c3ccccc3P(c3ccccc3C)c3ccccc3C)=NC21. The highest BCUT2D eigenvalue weighted by Crippen LogP contribution is 2.48. The average molecular weight is 428 g/mol. The van der Waals surface area contributed by atoms with E-state index in [1.807, 2.05) is 0 Å². The smallest absolute Gasteiger partial charge is 0.217 e. The number of aryl methyl sites for hydroxylation is 2. The van der Waals surface area contributed by atoms with Gasteiger partial charge < -0.3 is 4.74 Å². The summed E-state index contributed by atoms with van der Waals surface area (Å²) >= 11 is 0. The lowest BCUT2D eigenvalue weighted by Gasteiger charge is -2.26. The Morgan fingerprint density at radius 1 is 0.839 bits per heavy atom. The molecule has 3 heteroatoms. The molecule has 0 aromatic heterocycles. The van der Waals surface area contributed by atoms with E-state index in [9.17, 15) is 0 Å². The molecule has 3 aromatic rings. The number of ether oxygens (including phenoxy) is 1. The van der Waals surface area contributed by atoms with E-state index in [2.05, 4.69) is 93.6 Å². The molecule has 0 radical (unpaired) electrons. The molecule has 3 aromatic carbocycles. The van der Waals surface area contributed by atoms with Gasteiger partial charge in [0.25, 0.3) is 0 Å². The van der Waals surface area contributed by atoms with Gasteiger partial charge in [-0.1, -0.05) is 80.1 Å². The molecule has 1 saturated carbocycles. The van der Waals surface area contributed by atoms with E-state index in [0.717, 1.165) is 12.5 Å². The van der Waals surface area contributed by atoms with Crippen LogP contribution in [0.3, 0.4) is 0 Å². The minimum Gasteiger partial charge on any atom is -0.477 e. The number of benzene rings is 3. The van der Waals surface area contributed by atoms with Crippen LogP contribution >= 0.6 is 7.92 Å². The summed E-state index contributed by atoms with van der Waals surface area (Å²) in [4.78, 5) is 5.11. The average Bonchev–Trinajstić information content (AvgIpc) is 3.49. The zero-order valence-electron chi connectivity index (χ0n) is 18.6. The second-order valence-electron chi connectivity index (χ2n) is 8.78. The fraction of sp³-hybridized carbons (Fsp3) is 0.321. The molecule has 31 heavy (non-hydrogen) atoms. The lowest BCUT2D eigenvalue weighted by molar-refractivity contribution is 0.265. The third kappa shape index (κ3) is 3.83. The fourth-order valence-corrected chi connectivity index (χ4v) is 7.67. The molecular weight excluding hydrogens is 397 g/mol. The van der Waals surface area contributed by atoms with Crippen LogP contribution in [0.4, 0.5) is 0 Å². The minimum absolute atomic E-state index is 0.458. The number of nitrogens with zero attached hydrogens (tertiary/aromatic N) is 1. The van der Waals surface area contributed by atoms with E-state index in [1.54, 1.807) is 0 Å². The molecule has 0 amide bonds. The van der Waals surface area contributed by atoms with Gasteiger partial charge in [0.2, 0.25) is 5.90 Å². The van der Waals surface area contributed by atoms with E-state index in [0.29, 0.717) is 17.9 Å². The second-order valence-corrected chi connectivity index (χ2v) is 10.9. The maximum Gasteiger partial charge on any atom is 0.217 e. The maximum atomic E-state index is 6.28. The molecule has 1 aliphatic carbocycles. The van der Waals surface area contributed by atoms with Gasteiger partial charge in [0, 0.05) is 11.5 Å². The Balaban J connectivity index is 1.63. The van der Waals surface area contributed by atoms with Gasteiger partial charge in [-0.3, -0.25) is 0 Å². The quantitative estimate of drug-likeness (QED) is 0.492. The lowest BCUT2D eigenvalue weighted by Crippen LogP contribution is -2.29. The van der Waals surface area contributed by atoms with Crippen molar-refractivity contribution in [2.75, 3.05) is 6.61 Å². The number of rotatable bonds is 6.